The normalized spacial score (nSPS) is 30.4. The summed E-state index contributed by atoms with van der Waals surface area (Å²) in [6, 6.07) is 6.30. The van der Waals surface area contributed by atoms with E-state index in [1.54, 1.807) is 0 Å². The highest BCUT2D eigenvalue weighted by Crippen LogP contribution is 2.52. The molecule has 2 saturated carbocycles. The van der Waals surface area contributed by atoms with Gasteiger partial charge in [0.1, 0.15) is 5.82 Å². The number of aromatic nitrogens is 2. The summed E-state index contributed by atoms with van der Waals surface area (Å²) in [5.74, 6) is 3.74. The second-order valence-corrected chi connectivity index (χ2v) is 5.96. The van der Waals surface area contributed by atoms with E-state index in [9.17, 15) is 0 Å². The van der Waals surface area contributed by atoms with Crippen LogP contribution in [0.1, 0.15) is 43.0 Å². The van der Waals surface area contributed by atoms with Crippen LogP contribution in [0.3, 0.4) is 0 Å². The van der Waals surface area contributed by atoms with Crippen LogP contribution in [-0.2, 0) is 6.54 Å². The van der Waals surface area contributed by atoms with Gasteiger partial charge in [-0.15, -0.1) is 0 Å². The standard InChI is InChI=1S/C15H19N3/c16-8-10-2-4-13-14(7-10)18-15(17-13)12-6-9-1-3-11(12)5-9/h2,4,7,9,11-12H,1,3,5-6,8,16H2,(H,17,18). The summed E-state index contributed by atoms with van der Waals surface area (Å²) in [5.41, 5.74) is 9.09. The van der Waals surface area contributed by atoms with Crippen LogP contribution >= 0.6 is 0 Å². The maximum atomic E-state index is 5.68. The van der Waals surface area contributed by atoms with Gasteiger partial charge in [0.2, 0.25) is 0 Å². The number of benzene rings is 1. The first-order chi connectivity index (χ1) is 8.83. The molecule has 1 aromatic carbocycles. The molecule has 3 heteroatoms. The Kier molecular flexibility index (Phi) is 2.24. The fraction of sp³-hybridized carbons (Fsp3) is 0.533. The van der Waals surface area contributed by atoms with Crippen molar-refractivity contribution < 1.29 is 0 Å². The molecule has 0 amide bonds. The van der Waals surface area contributed by atoms with Crippen LogP contribution in [0.25, 0.3) is 11.0 Å². The molecule has 18 heavy (non-hydrogen) atoms. The molecule has 2 fully saturated rings. The van der Waals surface area contributed by atoms with Gasteiger partial charge in [-0.1, -0.05) is 12.5 Å². The number of aromatic amines is 1. The van der Waals surface area contributed by atoms with E-state index >= 15 is 0 Å². The monoisotopic (exact) mass is 241 g/mol. The van der Waals surface area contributed by atoms with Gasteiger partial charge in [0.05, 0.1) is 11.0 Å². The molecule has 3 unspecified atom stereocenters. The molecule has 3 nitrogen and oxygen atoms in total. The number of rotatable bonds is 2. The fourth-order valence-corrected chi connectivity index (χ4v) is 3.96. The van der Waals surface area contributed by atoms with Crippen LogP contribution in [-0.4, -0.2) is 9.97 Å². The Hall–Kier alpha value is -1.35. The Labute approximate surface area is 107 Å². The lowest BCUT2D eigenvalue weighted by molar-refractivity contribution is 0.408. The zero-order chi connectivity index (χ0) is 12.1. The molecule has 3 atom stereocenters. The maximum absolute atomic E-state index is 5.68. The van der Waals surface area contributed by atoms with Gasteiger partial charge in [-0.25, -0.2) is 4.98 Å². The number of hydrogen-bond acceptors (Lipinski definition) is 2. The van der Waals surface area contributed by atoms with Crippen molar-refractivity contribution in [3.8, 4) is 0 Å². The van der Waals surface area contributed by atoms with Gasteiger partial charge in [0, 0.05) is 12.5 Å². The molecule has 1 aromatic heterocycles. The topological polar surface area (TPSA) is 54.7 Å². The summed E-state index contributed by atoms with van der Waals surface area (Å²) in [4.78, 5) is 8.32. The van der Waals surface area contributed by atoms with Crippen LogP contribution < -0.4 is 5.73 Å². The highest BCUT2D eigenvalue weighted by atomic mass is 14.9. The molecule has 0 radical (unpaired) electrons. The first kappa shape index (κ1) is 10.6. The molecule has 94 valence electrons. The Morgan fingerprint density at radius 2 is 2.22 bits per heavy atom. The third kappa shape index (κ3) is 1.50. The lowest BCUT2D eigenvalue weighted by Gasteiger charge is -2.18. The molecule has 2 aromatic rings. The molecule has 1 heterocycles. The van der Waals surface area contributed by atoms with Crippen molar-refractivity contribution >= 4 is 11.0 Å². The molecule has 2 aliphatic carbocycles. The Morgan fingerprint density at radius 1 is 1.28 bits per heavy atom. The maximum Gasteiger partial charge on any atom is 0.110 e. The predicted molar refractivity (Wildman–Crippen MR) is 72.2 cm³/mol. The summed E-state index contributed by atoms with van der Waals surface area (Å²) in [7, 11) is 0. The van der Waals surface area contributed by atoms with E-state index in [2.05, 4.69) is 23.2 Å². The third-order valence-corrected chi connectivity index (χ3v) is 4.89. The first-order valence-corrected chi connectivity index (χ1v) is 7.02. The van der Waals surface area contributed by atoms with Gasteiger partial charge in [-0.2, -0.15) is 0 Å². The summed E-state index contributed by atoms with van der Waals surface area (Å²) in [6.45, 7) is 0.596. The lowest BCUT2D eigenvalue weighted by Crippen LogP contribution is -2.09. The molecule has 4 rings (SSSR count). The van der Waals surface area contributed by atoms with Crippen molar-refractivity contribution in [2.75, 3.05) is 0 Å². The van der Waals surface area contributed by atoms with Crippen LogP contribution in [0.15, 0.2) is 18.2 Å². The van der Waals surface area contributed by atoms with E-state index in [-0.39, 0.29) is 0 Å². The number of fused-ring (bicyclic) bond motifs is 3. The molecule has 0 spiro atoms. The number of nitrogens with one attached hydrogen (secondary N) is 1. The molecule has 3 N–H and O–H groups in total. The summed E-state index contributed by atoms with van der Waals surface area (Å²) < 4.78 is 0. The third-order valence-electron chi connectivity index (χ3n) is 4.89. The van der Waals surface area contributed by atoms with Crippen molar-refractivity contribution in [2.45, 2.75) is 38.1 Å². The van der Waals surface area contributed by atoms with Gasteiger partial charge < -0.3 is 10.7 Å². The van der Waals surface area contributed by atoms with E-state index < -0.39 is 0 Å². The minimum atomic E-state index is 0.596. The zero-order valence-electron chi connectivity index (χ0n) is 10.5. The van der Waals surface area contributed by atoms with E-state index in [0.29, 0.717) is 12.5 Å². The second-order valence-electron chi connectivity index (χ2n) is 5.96. The minimum absolute atomic E-state index is 0.596. The molecule has 0 aliphatic heterocycles. The van der Waals surface area contributed by atoms with Crippen LogP contribution in [0.4, 0.5) is 0 Å². The predicted octanol–water partition coefficient (Wildman–Crippen LogP) is 2.93. The Balaban J connectivity index is 1.73. The van der Waals surface area contributed by atoms with Crippen LogP contribution in [0.2, 0.25) is 0 Å². The van der Waals surface area contributed by atoms with E-state index in [0.717, 1.165) is 22.9 Å². The number of H-pyrrole nitrogens is 1. The van der Waals surface area contributed by atoms with Crippen molar-refractivity contribution in [3.63, 3.8) is 0 Å². The average Bonchev–Trinajstić information content (AvgIpc) is 3.11. The lowest BCUT2D eigenvalue weighted by atomic mass is 9.88. The molecular formula is C15H19N3. The van der Waals surface area contributed by atoms with Gasteiger partial charge in [-0.05, 0) is 48.8 Å². The number of hydrogen-bond donors (Lipinski definition) is 2. The Bertz CT molecular complexity index is 586. The Morgan fingerprint density at radius 3 is 2.94 bits per heavy atom. The van der Waals surface area contributed by atoms with Crippen LogP contribution in [0.5, 0.6) is 0 Å². The number of imidazole rings is 1. The first-order valence-electron chi connectivity index (χ1n) is 7.02. The largest absolute Gasteiger partial charge is 0.342 e. The average molecular weight is 241 g/mol. The van der Waals surface area contributed by atoms with E-state index in [4.69, 9.17) is 10.7 Å². The number of nitrogens with zero attached hydrogens (tertiary/aromatic N) is 1. The minimum Gasteiger partial charge on any atom is -0.342 e. The van der Waals surface area contributed by atoms with Gasteiger partial charge in [0.25, 0.3) is 0 Å². The second kappa shape index (κ2) is 3.82. The van der Waals surface area contributed by atoms with Gasteiger partial charge in [0.15, 0.2) is 0 Å². The van der Waals surface area contributed by atoms with Gasteiger partial charge in [-0.3, -0.25) is 0 Å². The molecule has 2 aliphatic rings. The highest BCUT2D eigenvalue weighted by molar-refractivity contribution is 5.76. The van der Waals surface area contributed by atoms with E-state index in [1.807, 2.05) is 0 Å². The van der Waals surface area contributed by atoms with Crippen molar-refractivity contribution in [1.29, 1.82) is 0 Å². The number of nitrogens with two attached hydrogens (primary N) is 1. The van der Waals surface area contributed by atoms with Crippen molar-refractivity contribution in [2.24, 2.45) is 17.6 Å². The zero-order valence-corrected chi connectivity index (χ0v) is 10.5. The van der Waals surface area contributed by atoms with Gasteiger partial charge >= 0.3 is 0 Å². The molecule has 2 bridgehead atoms. The molecular weight excluding hydrogens is 222 g/mol. The fourth-order valence-electron chi connectivity index (χ4n) is 3.96. The summed E-state index contributed by atoms with van der Waals surface area (Å²) in [5, 5.41) is 0. The SMILES string of the molecule is NCc1ccc2nc(C3CC4CCC3C4)[nH]c2c1. The quantitative estimate of drug-likeness (QED) is 0.849. The van der Waals surface area contributed by atoms with Crippen molar-refractivity contribution in [3.05, 3.63) is 29.6 Å². The molecule has 0 saturated heterocycles. The van der Waals surface area contributed by atoms with E-state index in [1.165, 1.54) is 37.1 Å². The van der Waals surface area contributed by atoms with Crippen molar-refractivity contribution in [1.82, 2.24) is 9.97 Å². The summed E-state index contributed by atoms with van der Waals surface area (Å²) >= 11 is 0. The summed E-state index contributed by atoms with van der Waals surface area (Å²) in [6.07, 6.45) is 5.61. The highest BCUT2D eigenvalue weighted by Gasteiger charge is 2.41. The smallest absolute Gasteiger partial charge is 0.110 e. The van der Waals surface area contributed by atoms with Crippen LogP contribution in [0, 0.1) is 11.8 Å².